The van der Waals surface area contributed by atoms with Crippen molar-refractivity contribution in [1.82, 2.24) is 4.90 Å². The van der Waals surface area contributed by atoms with Crippen molar-refractivity contribution in [3.05, 3.63) is 65.5 Å². The van der Waals surface area contributed by atoms with Crippen LogP contribution in [0.4, 0.5) is 10.1 Å². The van der Waals surface area contributed by atoms with Crippen LogP contribution in [0.3, 0.4) is 0 Å². The lowest BCUT2D eigenvalue weighted by atomic mass is 10.00. The molecule has 2 aromatic carbocycles. The number of benzene rings is 2. The molecule has 0 aliphatic carbocycles. The third-order valence-electron chi connectivity index (χ3n) is 6.17. The Morgan fingerprint density at radius 1 is 1.03 bits per heavy atom. The second-order valence-electron chi connectivity index (χ2n) is 8.53. The van der Waals surface area contributed by atoms with Crippen molar-refractivity contribution < 1.29 is 17.6 Å². The Bertz CT molecular complexity index is 1040. The Hall–Kier alpha value is -2.25. The summed E-state index contributed by atoms with van der Waals surface area (Å²) < 4.78 is 38.9. The topological polar surface area (TPSA) is 57.7 Å². The molecule has 160 valence electrons. The molecule has 2 fully saturated rings. The molecule has 2 heterocycles. The molecule has 2 aliphatic rings. The molecule has 0 radical (unpaired) electrons. The first kappa shape index (κ1) is 21.0. The number of halogens is 1. The lowest BCUT2D eigenvalue weighted by Crippen LogP contribution is -2.62. The molecule has 2 aromatic rings. The summed E-state index contributed by atoms with van der Waals surface area (Å²) in [7, 11) is -3.25. The van der Waals surface area contributed by atoms with Crippen LogP contribution < -0.4 is 4.90 Å². The Kier molecular flexibility index (Phi) is 5.68. The number of rotatable bonds is 5. The van der Waals surface area contributed by atoms with Gasteiger partial charge in [0.25, 0.3) is 0 Å². The second kappa shape index (κ2) is 8.12. The van der Waals surface area contributed by atoms with Crippen LogP contribution in [0.25, 0.3) is 0 Å². The van der Waals surface area contributed by atoms with Crippen LogP contribution in [0, 0.1) is 5.82 Å². The van der Waals surface area contributed by atoms with Gasteiger partial charge in [-0.3, -0.25) is 9.69 Å². The van der Waals surface area contributed by atoms with Crippen molar-refractivity contribution in [3.63, 3.8) is 0 Å². The normalized spacial score (nSPS) is 23.7. The van der Waals surface area contributed by atoms with Gasteiger partial charge < -0.3 is 4.90 Å². The highest BCUT2D eigenvalue weighted by atomic mass is 32.2. The third-order valence-corrected chi connectivity index (χ3v) is 7.86. The van der Waals surface area contributed by atoms with E-state index in [-0.39, 0.29) is 35.8 Å². The molecule has 0 aromatic heterocycles. The molecule has 7 heteroatoms. The van der Waals surface area contributed by atoms with E-state index in [9.17, 15) is 17.6 Å². The van der Waals surface area contributed by atoms with Gasteiger partial charge in [-0.15, -0.1) is 0 Å². The molecule has 2 aliphatic heterocycles. The Labute approximate surface area is 177 Å². The van der Waals surface area contributed by atoms with Crippen molar-refractivity contribution in [2.45, 2.75) is 38.3 Å². The maximum absolute atomic E-state index is 14.0. The molecule has 0 N–H and O–H groups in total. The standard InChI is InChI=1S/C23H27FN2O3S/c1-16(2)17-7-9-19(10-8-17)26-22-15-30(28,29)14-21(22)25(13-23(26)27)12-11-18-5-3-4-6-20(18)24/h3-10,16,21-22H,11-15H2,1-2H3. The number of fused-ring (bicyclic) bond motifs is 1. The molecule has 2 unspecified atom stereocenters. The minimum atomic E-state index is -3.25. The van der Waals surface area contributed by atoms with E-state index in [4.69, 9.17) is 0 Å². The van der Waals surface area contributed by atoms with Gasteiger partial charge in [-0.05, 0) is 41.7 Å². The highest BCUT2D eigenvalue weighted by Gasteiger charge is 2.49. The number of carbonyl (C=O) groups is 1. The quantitative estimate of drug-likeness (QED) is 0.732. The summed E-state index contributed by atoms with van der Waals surface area (Å²) >= 11 is 0. The summed E-state index contributed by atoms with van der Waals surface area (Å²) in [5.74, 6) is -0.0130. The largest absolute Gasteiger partial charge is 0.306 e. The van der Waals surface area contributed by atoms with E-state index in [0.29, 0.717) is 24.4 Å². The number of hydrogen-bond acceptors (Lipinski definition) is 4. The Balaban J connectivity index is 1.58. The lowest BCUT2D eigenvalue weighted by molar-refractivity contribution is -0.123. The van der Waals surface area contributed by atoms with Crippen molar-refractivity contribution in [2.75, 3.05) is 29.5 Å². The molecule has 0 bridgehead atoms. The highest BCUT2D eigenvalue weighted by molar-refractivity contribution is 7.91. The molecule has 2 atom stereocenters. The maximum Gasteiger partial charge on any atom is 0.241 e. The predicted octanol–water partition coefficient (Wildman–Crippen LogP) is 3.01. The Morgan fingerprint density at radius 2 is 1.70 bits per heavy atom. The molecule has 2 saturated heterocycles. The SMILES string of the molecule is CC(C)c1ccc(N2C(=O)CN(CCc3ccccc3F)C3CS(=O)(=O)CC32)cc1. The van der Waals surface area contributed by atoms with Crippen LogP contribution in [0.5, 0.6) is 0 Å². The summed E-state index contributed by atoms with van der Waals surface area (Å²) in [4.78, 5) is 16.7. The van der Waals surface area contributed by atoms with Gasteiger partial charge >= 0.3 is 0 Å². The zero-order valence-corrected chi connectivity index (χ0v) is 18.1. The first-order chi connectivity index (χ1) is 14.2. The van der Waals surface area contributed by atoms with Crippen molar-refractivity contribution in [1.29, 1.82) is 0 Å². The smallest absolute Gasteiger partial charge is 0.241 e. The number of nitrogens with zero attached hydrogens (tertiary/aromatic N) is 2. The first-order valence-corrected chi connectivity index (χ1v) is 12.2. The van der Waals surface area contributed by atoms with Gasteiger partial charge in [0.2, 0.25) is 5.91 Å². The van der Waals surface area contributed by atoms with Gasteiger partial charge in [0.05, 0.1) is 24.1 Å². The second-order valence-corrected chi connectivity index (χ2v) is 10.7. The summed E-state index contributed by atoms with van der Waals surface area (Å²) in [5.41, 5.74) is 2.49. The van der Waals surface area contributed by atoms with Crippen LogP contribution in [-0.2, 0) is 21.1 Å². The molecular formula is C23H27FN2O3S. The third kappa shape index (κ3) is 4.14. The fraction of sp³-hybridized carbons (Fsp3) is 0.435. The summed E-state index contributed by atoms with van der Waals surface area (Å²) in [6.45, 7) is 4.79. The minimum absolute atomic E-state index is 0.0306. The van der Waals surface area contributed by atoms with E-state index in [1.807, 2.05) is 29.2 Å². The number of carbonyl (C=O) groups excluding carboxylic acids is 1. The number of hydrogen-bond donors (Lipinski definition) is 0. The van der Waals surface area contributed by atoms with Gasteiger partial charge in [-0.25, -0.2) is 12.8 Å². The molecular weight excluding hydrogens is 403 g/mol. The van der Waals surface area contributed by atoms with E-state index >= 15 is 0 Å². The zero-order valence-electron chi connectivity index (χ0n) is 17.3. The van der Waals surface area contributed by atoms with Gasteiger partial charge in [0, 0.05) is 18.3 Å². The first-order valence-electron chi connectivity index (χ1n) is 10.3. The van der Waals surface area contributed by atoms with E-state index in [2.05, 4.69) is 13.8 Å². The number of amides is 1. The molecule has 0 saturated carbocycles. The monoisotopic (exact) mass is 430 g/mol. The van der Waals surface area contributed by atoms with Crippen LogP contribution in [0.2, 0.25) is 0 Å². The van der Waals surface area contributed by atoms with Crippen LogP contribution in [0.1, 0.15) is 30.9 Å². The van der Waals surface area contributed by atoms with Crippen LogP contribution >= 0.6 is 0 Å². The highest BCUT2D eigenvalue weighted by Crippen LogP contribution is 2.32. The average Bonchev–Trinajstić information content (AvgIpc) is 3.02. The van der Waals surface area contributed by atoms with Gasteiger partial charge in [-0.1, -0.05) is 44.2 Å². The van der Waals surface area contributed by atoms with Crippen molar-refractivity contribution in [2.24, 2.45) is 0 Å². The van der Waals surface area contributed by atoms with Crippen LogP contribution in [0.15, 0.2) is 48.5 Å². The molecule has 5 nitrogen and oxygen atoms in total. The average molecular weight is 431 g/mol. The summed E-state index contributed by atoms with van der Waals surface area (Å²) in [5, 5.41) is 0. The number of piperazine rings is 1. The fourth-order valence-corrected chi connectivity index (χ4v) is 6.50. The van der Waals surface area contributed by atoms with E-state index in [1.165, 1.54) is 11.6 Å². The Morgan fingerprint density at radius 3 is 2.37 bits per heavy atom. The minimum Gasteiger partial charge on any atom is -0.306 e. The van der Waals surface area contributed by atoms with E-state index < -0.39 is 15.9 Å². The molecule has 30 heavy (non-hydrogen) atoms. The molecule has 1 amide bonds. The summed E-state index contributed by atoms with van der Waals surface area (Å²) in [6, 6.07) is 13.7. The van der Waals surface area contributed by atoms with Gasteiger partial charge in [0.1, 0.15) is 5.82 Å². The van der Waals surface area contributed by atoms with E-state index in [0.717, 1.165) is 5.69 Å². The summed E-state index contributed by atoms with van der Waals surface area (Å²) in [6.07, 6.45) is 0.437. The molecule has 4 rings (SSSR count). The van der Waals surface area contributed by atoms with Crippen molar-refractivity contribution >= 4 is 21.4 Å². The maximum atomic E-state index is 14.0. The predicted molar refractivity (Wildman–Crippen MR) is 116 cm³/mol. The number of anilines is 1. The van der Waals surface area contributed by atoms with Gasteiger partial charge in [-0.2, -0.15) is 0 Å². The number of sulfone groups is 1. The van der Waals surface area contributed by atoms with E-state index in [1.54, 1.807) is 23.1 Å². The van der Waals surface area contributed by atoms with Crippen molar-refractivity contribution in [3.8, 4) is 0 Å². The lowest BCUT2D eigenvalue weighted by Gasteiger charge is -2.43. The zero-order chi connectivity index (χ0) is 21.5. The van der Waals surface area contributed by atoms with Gasteiger partial charge in [0.15, 0.2) is 9.84 Å². The fourth-order valence-electron chi connectivity index (χ4n) is 4.52. The van der Waals surface area contributed by atoms with Crippen LogP contribution in [-0.4, -0.2) is 55.9 Å². The molecule has 0 spiro atoms.